The molecule has 3 rings (SSSR count). The fraction of sp³-hybridized carbons (Fsp3) is 0.167. The lowest BCUT2D eigenvalue weighted by molar-refractivity contribution is 0.692. The molecule has 106 valence electrons. The van der Waals surface area contributed by atoms with E-state index in [4.69, 9.17) is 0 Å². The zero-order valence-corrected chi connectivity index (χ0v) is 13.7. The minimum Gasteiger partial charge on any atom is -0.309 e. The number of pyridine rings is 1. The number of hydrogen-bond donors (Lipinski definition) is 1. The van der Waals surface area contributed by atoms with Gasteiger partial charge in [-0.1, -0.05) is 58.4 Å². The van der Waals surface area contributed by atoms with Crippen molar-refractivity contribution < 1.29 is 0 Å². The average Bonchev–Trinajstić information content (AvgIpc) is 2.52. The Labute approximate surface area is 133 Å². The zero-order chi connectivity index (χ0) is 14.8. The number of rotatable bonds is 3. The number of aryl methyl sites for hydroxylation is 1. The van der Waals surface area contributed by atoms with E-state index in [-0.39, 0.29) is 6.04 Å². The molecule has 1 aromatic heterocycles. The molecule has 1 N–H and O–H groups in total. The van der Waals surface area contributed by atoms with E-state index in [0.29, 0.717) is 0 Å². The zero-order valence-electron chi connectivity index (χ0n) is 12.1. The third-order valence-corrected chi connectivity index (χ3v) is 4.88. The lowest BCUT2D eigenvalue weighted by Crippen LogP contribution is -2.19. The van der Waals surface area contributed by atoms with Crippen LogP contribution in [0.15, 0.2) is 59.2 Å². The van der Waals surface area contributed by atoms with Crippen molar-refractivity contribution in [3.8, 4) is 0 Å². The molecule has 3 aromatic rings. The van der Waals surface area contributed by atoms with Gasteiger partial charge in [0.05, 0.1) is 11.6 Å². The molecule has 1 unspecified atom stereocenters. The highest BCUT2D eigenvalue weighted by Gasteiger charge is 2.18. The number of benzene rings is 2. The maximum atomic E-state index is 4.57. The molecule has 0 amide bonds. The van der Waals surface area contributed by atoms with Crippen molar-refractivity contribution in [2.75, 3.05) is 7.05 Å². The number of halogens is 1. The van der Waals surface area contributed by atoms with Crippen LogP contribution in [-0.4, -0.2) is 12.0 Å². The third-order valence-electron chi connectivity index (χ3n) is 3.80. The summed E-state index contributed by atoms with van der Waals surface area (Å²) in [5, 5.41) is 4.59. The van der Waals surface area contributed by atoms with Crippen LogP contribution in [0.3, 0.4) is 0 Å². The highest BCUT2D eigenvalue weighted by atomic mass is 79.9. The Hall–Kier alpha value is -1.71. The fourth-order valence-corrected chi connectivity index (χ4v) is 3.23. The highest BCUT2D eigenvalue weighted by Crippen LogP contribution is 2.33. The summed E-state index contributed by atoms with van der Waals surface area (Å²) in [5.41, 5.74) is 4.71. The summed E-state index contributed by atoms with van der Waals surface area (Å²) >= 11 is 3.72. The summed E-state index contributed by atoms with van der Waals surface area (Å²) in [6.07, 6.45) is 1.85. The summed E-state index contributed by atoms with van der Waals surface area (Å²) < 4.78 is 1.15. The van der Waals surface area contributed by atoms with Crippen molar-refractivity contribution in [1.29, 1.82) is 0 Å². The second-order valence-corrected chi connectivity index (χ2v) is 5.92. The first-order valence-electron chi connectivity index (χ1n) is 6.98. The Morgan fingerprint density at radius 3 is 2.52 bits per heavy atom. The Bertz CT molecular complexity index is 778. The molecule has 0 fully saturated rings. The van der Waals surface area contributed by atoms with E-state index in [1.165, 1.54) is 22.1 Å². The molecule has 1 heterocycles. The quantitative estimate of drug-likeness (QED) is 0.752. The second kappa shape index (κ2) is 5.96. The second-order valence-electron chi connectivity index (χ2n) is 5.12. The molecule has 2 nitrogen and oxygen atoms in total. The monoisotopic (exact) mass is 340 g/mol. The number of nitrogens with zero attached hydrogens (tertiary/aromatic N) is 1. The van der Waals surface area contributed by atoms with Gasteiger partial charge in [0.2, 0.25) is 0 Å². The van der Waals surface area contributed by atoms with E-state index in [9.17, 15) is 0 Å². The van der Waals surface area contributed by atoms with Crippen LogP contribution in [0.2, 0.25) is 0 Å². The molecule has 0 bridgehead atoms. The molecule has 0 radical (unpaired) electrons. The lowest BCUT2D eigenvalue weighted by Gasteiger charge is -2.21. The van der Waals surface area contributed by atoms with Gasteiger partial charge < -0.3 is 5.32 Å². The van der Waals surface area contributed by atoms with Crippen molar-refractivity contribution in [2.24, 2.45) is 0 Å². The molecule has 0 saturated heterocycles. The van der Waals surface area contributed by atoms with Gasteiger partial charge in [-0.3, -0.25) is 4.98 Å². The van der Waals surface area contributed by atoms with E-state index in [2.05, 4.69) is 75.6 Å². The Balaban J connectivity index is 2.21. The predicted octanol–water partition coefficient (Wildman–Crippen LogP) is 4.61. The van der Waals surface area contributed by atoms with Gasteiger partial charge in [-0.15, -0.1) is 0 Å². The Kier molecular flexibility index (Phi) is 4.04. The number of nitrogens with one attached hydrogen (secondary N) is 1. The van der Waals surface area contributed by atoms with E-state index in [0.717, 1.165) is 9.99 Å². The van der Waals surface area contributed by atoms with Crippen LogP contribution in [0.4, 0.5) is 0 Å². The summed E-state index contributed by atoms with van der Waals surface area (Å²) in [7, 11) is 1.99. The molecule has 0 aliphatic rings. The van der Waals surface area contributed by atoms with E-state index in [1.807, 2.05) is 19.3 Å². The number of para-hydroxylation sites is 1. The third kappa shape index (κ3) is 2.59. The Morgan fingerprint density at radius 1 is 1.00 bits per heavy atom. The Morgan fingerprint density at radius 2 is 1.71 bits per heavy atom. The molecular formula is C18H17BrN2. The van der Waals surface area contributed by atoms with Crippen molar-refractivity contribution in [3.05, 3.63) is 75.9 Å². The highest BCUT2D eigenvalue weighted by molar-refractivity contribution is 9.10. The van der Waals surface area contributed by atoms with E-state index < -0.39 is 0 Å². The summed E-state index contributed by atoms with van der Waals surface area (Å²) in [5.74, 6) is 0. The van der Waals surface area contributed by atoms with Gasteiger partial charge in [0.1, 0.15) is 0 Å². The minimum atomic E-state index is 0.109. The van der Waals surface area contributed by atoms with Crippen LogP contribution in [-0.2, 0) is 0 Å². The van der Waals surface area contributed by atoms with E-state index >= 15 is 0 Å². The fourth-order valence-electron chi connectivity index (χ4n) is 2.73. The molecule has 0 aliphatic heterocycles. The molecule has 1 atom stereocenters. The average molecular weight is 341 g/mol. The molecule has 21 heavy (non-hydrogen) atoms. The van der Waals surface area contributed by atoms with Crippen molar-refractivity contribution in [3.63, 3.8) is 0 Å². The van der Waals surface area contributed by atoms with Gasteiger partial charge >= 0.3 is 0 Å². The first-order valence-corrected chi connectivity index (χ1v) is 7.77. The maximum Gasteiger partial charge on any atom is 0.0753 e. The molecular weight excluding hydrogens is 324 g/mol. The summed E-state index contributed by atoms with van der Waals surface area (Å²) in [4.78, 5) is 4.57. The predicted molar refractivity (Wildman–Crippen MR) is 91.5 cm³/mol. The van der Waals surface area contributed by atoms with Crippen molar-refractivity contribution >= 4 is 26.8 Å². The first kappa shape index (κ1) is 14.2. The van der Waals surface area contributed by atoms with Gasteiger partial charge in [-0.25, -0.2) is 0 Å². The van der Waals surface area contributed by atoms with Crippen LogP contribution in [0.25, 0.3) is 10.9 Å². The largest absolute Gasteiger partial charge is 0.309 e. The van der Waals surface area contributed by atoms with E-state index in [1.54, 1.807) is 0 Å². The standard InChI is InChI=1S/C18H17BrN2/c1-12-6-3-9-14(16(12)19)18(20-2)15-10-4-7-13-8-5-11-21-17(13)15/h3-11,18,20H,1-2H3. The number of aromatic nitrogens is 1. The van der Waals surface area contributed by atoms with Crippen LogP contribution < -0.4 is 5.32 Å². The van der Waals surface area contributed by atoms with Crippen LogP contribution in [0.5, 0.6) is 0 Å². The topological polar surface area (TPSA) is 24.9 Å². The maximum absolute atomic E-state index is 4.57. The SMILES string of the molecule is CNC(c1cccc(C)c1Br)c1cccc2cccnc12. The minimum absolute atomic E-state index is 0.109. The lowest BCUT2D eigenvalue weighted by atomic mass is 9.95. The van der Waals surface area contributed by atoms with Crippen LogP contribution >= 0.6 is 15.9 Å². The number of fused-ring (bicyclic) bond motifs is 1. The van der Waals surface area contributed by atoms with Crippen molar-refractivity contribution in [1.82, 2.24) is 10.3 Å². The van der Waals surface area contributed by atoms with Gasteiger partial charge in [-0.05, 0) is 36.7 Å². The first-order chi connectivity index (χ1) is 10.2. The van der Waals surface area contributed by atoms with Gasteiger partial charge in [0, 0.05) is 16.1 Å². The molecule has 0 saturated carbocycles. The molecule has 0 spiro atoms. The van der Waals surface area contributed by atoms with Crippen molar-refractivity contribution in [2.45, 2.75) is 13.0 Å². The molecule has 0 aliphatic carbocycles. The van der Waals surface area contributed by atoms with Gasteiger partial charge in [0.15, 0.2) is 0 Å². The summed E-state index contributed by atoms with van der Waals surface area (Å²) in [6.45, 7) is 2.11. The van der Waals surface area contributed by atoms with Crippen LogP contribution in [0, 0.1) is 6.92 Å². The van der Waals surface area contributed by atoms with Gasteiger partial charge in [0.25, 0.3) is 0 Å². The summed E-state index contributed by atoms with van der Waals surface area (Å²) in [6, 6.07) is 16.9. The smallest absolute Gasteiger partial charge is 0.0753 e. The van der Waals surface area contributed by atoms with Crippen LogP contribution in [0.1, 0.15) is 22.7 Å². The molecule has 2 aromatic carbocycles. The molecule has 3 heteroatoms. The number of hydrogen-bond acceptors (Lipinski definition) is 2. The normalized spacial score (nSPS) is 12.5. The van der Waals surface area contributed by atoms with Gasteiger partial charge in [-0.2, -0.15) is 0 Å².